The van der Waals surface area contributed by atoms with Gasteiger partial charge in [-0.15, -0.1) is 0 Å². The third-order valence-electron chi connectivity index (χ3n) is 2.47. The predicted octanol–water partition coefficient (Wildman–Crippen LogP) is 1.53. The zero-order valence-corrected chi connectivity index (χ0v) is 11.2. The third kappa shape index (κ3) is 3.90. The van der Waals surface area contributed by atoms with Crippen LogP contribution in [0.1, 0.15) is 5.56 Å². The van der Waals surface area contributed by atoms with Gasteiger partial charge in [0.05, 0.1) is 18.3 Å². The molecule has 0 aliphatic heterocycles. The number of nitrogens with two attached hydrogens (primary N) is 1. The maximum atomic E-state index is 13.6. The molecule has 0 radical (unpaired) electrons. The van der Waals surface area contributed by atoms with E-state index in [0.29, 0.717) is 18.8 Å². The first-order valence-electron chi connectivity index (χ1n) is 5.44. The normalized spacial score (nSPS) is 12.2. The molecule has 6 heteroatoms. The second-order valence-corrected chi connectivity index (χ2v) is 4.16. The summed E-state index contributed by atoms with van der Waals surface area (Å²) in [6, 6.07) is 4.64. The lowest BCUT2D eigenvalue weighted by atomic mass is 10.1. The molecular weight excluding hydrogens is 255 g/mol. The molecule has 1 aromatic rings. The van der Waals surface area contributed by atoms with Gasteiger partial charge in [-0.25, -0.2) is 4.39 Å². The van der Waals surface area contributed by atoms with Crippen molar-refractivity contribution in [3.8, 4) is 0 Å². The maximum Gasteiger partial charge on any atom is 0.135 e. The van der Waals surface area contributed by atoms with Crippen molar-refractivity contribution < 1.29 is 13.9 Å². The molecule has 0 saturated carbocycles. The molecule has 0 aliphatic rings. The number of methoxy groups -OCH3 is 2. The van der Waals surface area contributed by atoms with Gasteiger partial charge in [0.1, 0.15) is 10.8 Å². The lowest BCUT2D eigenvalue weighted by Gasteiger charge is -2.17. The number of halogens is 1. The van der Waals surface area contributed by atoms with E-state index in [-0.39, 0.29) is 16.7 Å². The second-order valence-electron chi connectivity index (χ2n) is 3.72. The molecule has 18 heavy (non-hydrogen) atoms. The summed E-state index contributed by atoms with van der Waals surface area (Å²) in [5, 5.41) is 3.06. The summed E-state index contributed by atoms with van der Waals surface area (Å²) in [6.07, 6.45) is -0.127. The van der Waals surface area contributed by atoms with Crippen LogP contribution in [-0.2, 0) is 9.47 Å². The van der Waals surface area contributed by atoms with Gasteiger partial charge in [-0.3, -0.25) is 0 Å². The van der Waals surface area contributed by atoms with Gasteiger partial charge in [0.15, 0.2) is 0 Å². The summed E-state index contributed by atoms with van der Waals surface area (Å²) in [6.45, 7) is 0.921. The number of hydrogen-bond donors (Lipinski definition) is 2. The SMILES string of the molecule is COCC(CNc1cccc(F)c1C(N)=S)OC. The molecule has 1 aromatic carbocycles. The third-order valence-corrected chi connectivity index (χ3v) is 2.67. The smallest absolute Gasteiger partial charge is 0.135 e. The average molecular weight is 272 g/mol. The van der Waals surface area contributed by atoms with Crippen LogP contribution in [0.4, 0.5) is 10.1 Å². The van der Waals surface area contributed by atoms with Crippen molar-refractivity contribution in [2.45, 2.75) is 6.10 Å². The number of ether oxygens (including phenoxy) is 2. The molecule has 0 saturated heterocycles. The van der Waals surface area contributed by atoms with Crippen LogP contribution in [-0.4, -0.2) is 38.5 Å². The van der Waals surface area contributed by atoms with Crippen LogP contribution in [0.15, 0.2) is 18.2 Å². The first-order valence-corrected chi connectivity index (χ1v) is 5.84. The van der Waals surface area contributed by atoms with E-state index in [9.17, 15) is 4.39 Å². The van der Waals surface area contributed by atoms with Crippen LogP contribution in [0.2, 0.25) is 0 Å². The highest BCUT2D eigenvalue weighted by molar-refractivity contribution is 7.80. The summed E-state index contributed by atoms with van der Waals surface area (Å²) < 4.78 is 23.8. The summed E-state index contributed by atoms with van der Waals surface area (Å²) in [5.41, 5.74) is 6.29. The van der Waals surface area contributed by atoms with Gasteiger partial charge in [0, 0.05) is 26.5 Å². The largest absolute Gasteiger partial charge is 0.389 e. The van der Waals surface area contributed by atoms with Crippen molar-refractivity contribution >= 4 is 22.9 Å². The number of thiocarbonyl (C=S) groups is 1. The Morgan fingerprint density at radius 2 is 2.22 bits per heavy atom. The van der Waals surface area contributed by atoms with E-state index in [1.807, 2.05) is 0 Å². The highest BCUT2D eigenvalue weighted by Gasteiger charge is 2.13. The van der Waals surface area contributed by atoms with E-state index < -0.39 is 5.82 Å². The van der Waals surface area contributed by atoms with Gasteiger partial charge in [0.2, 0.25) is 0 Å². The van der Waals surface area contributed by atoms with Gasteiger partial charge < -0.3 is 20.5 Å². The Morgan fingerprint density at radius 1 is 1.50 bits per heavy atom. The van der Waals surface area contributed by atoms with Crippen molar-refractivity contribution in [1.82, 2.24) is 0 Å². The Kier molecular flexibility index (Phi) is 5.97. The molecule has 0 spiro atoms. The Labute approximate surface area is 111 Å². The fourth-order valence-corrected chi connectivity index (χ4v) is 1.75. The highest BCUT2D eigenvalue weighted by atomic mass is 32.1. The lowest BCUT2D eigenvalue weighted by Crippen LogP contribution is -2.27. The highest BCUT2D eigenvalue weighted by Crippen LogP contribution is 2.18. The Morgan fingerprint density at radius 3 is 2.78 bits per heavy atom. The van der Waals surface area contributed by atoms with Crippen LogP contribution >= 0.6 is 12.2 Å². The van der Waals surface area contributed by atoms with Crippen molar-refractivity contribution in [3.63, 3.8) is 0 Å². The van der Waals surface area contributed by atoms with Crippen molar-refractivity contribution in [2.75, 3.05) is 32.7 Å². The van der Waals surface area contributed by atoms with Crippen LogP contribution < -0.4 is 11.1 Å². The fourth-order valence-electron chi connectivity index (χ4n) is 1.54. The topological polar surface area (TPSA) is 56.5 Å². The maximum absolute atomic E-state index is 13.6. The van der Waals surface area contributed by atoms with E-state index in [1.165, 1.54) is 6.07 Å². The van der Waals surface area contributed by atoms with Gasteiger partial charge in [0.25, 0.3) is 0 Å². The quantitative estimate of drug-likeness (QED) is 0.737. The first-order chi connectivity index (χ1) is 8.60. The standard InChI is InChI=1S/C12H17FN2O2S/c1-16-7-8(17-2)6-15-10-5-3-4-9(13)11(10)12(14)18/h3-5,8,15H,6-7H2,1-2H3,(H2,14,18). The molecule has 100 valence electrons. The monoisotopic (exact) mass is 272 g/mol. The van der Waals surface area contributed by atoms with Gasteiger partial charge in [-0.05, 0) is 12.1 Å². The molecule has 1 unspecified atom stereocenters. The van der Waals surface area contributed by atoms with Crippen molar-refractivity contribution in [2.24, 2.45) is 5.73 Å². The minimum Gasteiger partial charge on any atom is -0.389 e. The number of benzene rings is 1. The first kappa shape index (κ1) is 14.8. The molecule has 1 atom stereocenters. The summed E-state index contributed by atoms with van der Waals surface area (Å²) >= 11 is 4.84. The second kappa shape index (κ2) is 7.25. The molecule has 0 aromatic heterocycles. The van der Waals surface area contributed by atoms with Crippen molar-refractivity contribution in [3.05, 3.63) is 29.6 Å². The average Bonchev–Trinajstić information content (AvgIpc) is 2.33. The van der Waals surface area contributed by atoms with Gasteiger partial charge >= 0.3 is 0 Å². The Balaban J connectivity index is 2.78. The van der Waals surface area contributed by atoms with Crippen LogP contribution in [0.25, 0.3) is 0 Å². The number of hydrogen-bond acceptors (Lipinski definition) is 4. The fraction of sp³-hybridized carbons (Fsp3) is 0.417. The van der Waals surface area contributed by atoms with Crippen LogP contribution in [0.5, 0.6) is 0 Å². The molecule has 0 bridgehead atoms. The Bertz CT molecular complexity index is 415. The summed E-state index contributed by atoms with van der Waals surface area (Å²) in [4.78, 5) is 0.0244. The van der Waals surface area contributed by atoms with Crippen molar-refractivity contribution in [1.29, 1.82) is 0 Å². The molecule has 4 nitrogen and oxygen atoms in total. The van der Waals surface area contributed by atoms with E-state index >= 15 is 0 Å². The van der Waals surface area contributed by atoms with E-state index in [2.05, 4.69) is 5.32 Å². The molecule has 0 fully saturated rings. The zero-order chi connectivity index (χ0) is 13.5. The van der Waals surface area contributed by atoms with Gasteiger partial charge in [-0.1, -0.05) is 18.3 Å². The number of rotatable bonds is 7. The van der Waals surface area contributed by atoms with E-state index in [4.69, 9.17) is 27.4 Å². The van der Waals surface area contributed by atoms with E-state index in [1.54, 1.807) is 26.4 Å². The number of nitrogens with one attached hydrogen (secondary N) is 1. The van der Waals surface area contributed by atoms with Crippen LogP contribution in [0, 0.1) is 5.82 Å². The minimum absolute atomic E-state index is 0.0244. The van der Waals surface area contributed by atoms with Crippen LogP contribution in [0.3, 0.4) is 0 Å². The van der Waals surface area contributed by atoms with E-state index in [0.717, 1.165) is 0 Å². The predicted molar refractivity (Wildman–Crippen MR) is 73.5 cm³/mol. The molecule has 0 aliphatic carbocycles. The minimum atomic E-state index is -0.437. The molecular formula is C12H17FN2O2S. The summed E-state index contributed by atoms with van der Waals surface area (Å²) in [7, 11) is 3.18. The molecule has 0 amide bonds. The summed E-state index contributed by atoms with van der Waals surface area (Å²) in [5.74, 6) is -0.437. The molecule has 0 heterocycles. The molecule has 1 rings (SSSR count). The lowest BCUT2D eigenvalue weighted by molar-refractivity contribution is 0.0365. The number of anilines is 1. The zero-order valence-electron chi connectivity index (χ0n) is 10.4. The van der Waals surface area contributed by atoms with Gasteiger partial charge in [-0.2, -0.15) is 0 Å². The Hall–Kier alpha value is -1.24. The molecule has 3 N–H and O–H groups in total.